The number of piperidine rings is 1. The quantitative estimate of drug-likeness (QED) is 0.761. The molecule has 5 heteroatoms. The van der Waals surface area contributed by atoms with Crippen LogP contribution in [0.2, 0.25) is 0 Å². The van der Waals surface area contributed by atoms with E-state index in [9.17, 15) is 4.79 Å². The summed E-state index contributed by atoms with van der Waals surface area (Å²) in [4.78, 5) is 26.4. The van der Waals surface area contributed by atoms with Crippen molar-refractivity contribution in [2.45, 2.75) is 31.1 Å². The van der Waals surface area contributed by atoms with Gasteiger partial charge in [-0.25, -0.2) is 9.97 Å². The number of amides is 1. The monoisotopic (exact) mass is 358 g/mol. The molecule has 1 aromatic carbocycles. The molecule has 1 aliphatic heterocycles. The van der Waals surface area contributed by atoms with Crippen LogP contribution in [0.25, 0.3) is 11.1 Å². The predicted octanol–water partition coefficient (Wildman–Crippen LogP) is 3.59. The van der Waals surface area contributed by atoms with E-state index in [-0.39, 0.29) is 17.1 Å². The lowest BCUT2D eigenvalue weighted by molar-refractivity contribution is 0.0653. The third-order valence-corrected chi connectivity index (χ3v) is 6.24. The molecule has 0 atom stereocenters. The largest absolute Gasteiger partial charge is 0.367 e. The minimum atomic E-state index is -0.0586. The molecule has 1 fully saturated rings. The van der Waals surface area contributed by atoms with Gasteiger partial charge < -0.3 is 9.88 Å². The molecule has 1 spiro atoms. The fourth-order valence-corrected chi connectivity index (χ4v) is 4.65. The third-order valence-electron chi connectivity index (χ3n) is 6.24. The maximum absolute atomic E-state index is 12.8. The van der Waals surface area contributed by atoms with Gasteiger partial charge in [-0.3, -0.25) is 4.79 Å². The highest BCUT2D eigenvalue weighted by Crippen LogP contribution is 2.46. The molecule has 2 aromatic heterocycles. The van der Waals surface area contributed by atoms with Gasteiger partial charge in [-0.15, -0.1) is 0 Å². The predicted molar refractivity (Wildman–Crippen MR) is 103 cm³/mol. The summed E-state index contributed by atoms with van der Waals surface area (Å²) in [5, 5.41) is 0. The summed E-state index contributed by atoms with van der Waals surface area (Å²) in [6.07, 6.45) is 11.6. The van der Waals surface area contributed by atoms with Crippen LogP contribution in [-0.2, 0) is 11.8 Å². The molecule has 5 nitrogen and oxygen atoms in total. The Morgan fingerprint density at radius 1 is 1.00 bits per heavy atom. The molecule has 27 heavy (non-hydrogen) atoms. The van der Waals surface area contributed by atoms with Crippen molar-refractivity contribution in [1.82, 2.24) is 19.9 Å². The number of aromatic nitrogens is 3. The second-order valence-corrected chi connectivity index (χ2v) is 7.62. The number of H-pyrrole nitrogens is 1. The number of benzene rings is 1. The van der Waals surface area contributed by atoms with Crippen LogP contribution in [0.5, 0.6) is 0 Å². The smallest absolute Gasteiger partial charge is 0.291 e. The maximum Gasteiger partial charge on any atom is 0.291 e. The number of aromatic amines is 1. The first-order valence-corrected chi connectivity index (χ1v) is 9.58. The first kappa shape index (κ1) is 16.2. The molecule has 0 unspecified atom stereocenters. The molecular weight excluding hydrogens is 336 g/mol. The van der Waals surface area contributed by atoms with E-state index in [1.165, 1.54) is 17.5 Å². The molecule has 3 aromatic rings. The summed E-state index contributed by atoms with van der Waals surface area (Å²) in [7, 11) is 0. The zero-order valence-electron chi connectivity index (χ0n) is 15.2. The van der Waals surface area contributed by atoms with Gasteiger partial charge in [0.2, 0.25) is 5.82 Å². The van der Waals surface area contributed by atoms with Crippen molar-refractivity contribution >= 4 is 5.91 Å². The summed E-state index contributed by atoms with van der Waals surface area (Å²) < 4.78 is 0. The molecule has 5 rings (SSSR count). The van der Waals surface area contributed by atoms with Crippen LogP contribution < -0.4 is 0 Å². The van der Waals surface area contributed by atoms with Crippen molar-refractivity contribution < 1.29 is 4.79 Å². The second-order valence-electron chi connectivity index (χ2n) is 7.62. The molecule has 0 radical (unpaired) electrons. The van der Waals surface area contributed by atoms with E-state index in [1.807, 2.05) is 23.4 Å². The lowest BCUT2D eigenvalue weighted by Crippen LogP contribution is -2.44. The summed E-state index contributed by atoms with van der Waals surface area (Å²) in [5.41, 5.74) is 5.18. The van der Waals surface area contributed by atoms with Gasteiger partial charge >= 0.3 is 0 Å². The van der Waals surface area contributed by atoms with Crippen molar-refractivity contribution in [1.29, 1.82) is 0 Å². The zero-order valence-corrected chi connectivity index (χ0v) is 15.2. The molecule has 136 valence electrons. The Morgan fingerprint density at radius 3 is 2.52 bits per heavy atom. The van der Waals surface area contributed by atoms with Gasteiger partial charge in [-0.1, -0.05) is 24.3 Å². The summed E-state index contributed by atoms with van der Waals surface area (Å²) in [6, 6.07) is 10.8. The van der Waals surface area contributed by atoms with E-state index < -0.39 is 0 Å². The molecule has 1 aliphatic carbocycles. The molecule has 1 N–H and O–H groups in total. The van der Waals surface area contributed by atoms with Crippen molar-refractivity contribution in [3.63, 3.8) is 0 Å². The number of carbonyl (C=O) groups is 1. The average molecular weight is 358 g/mol. The Hall–Kier alpha value is -2.95. The number of hydrogen-bond donors (Lipinski definition) is 1. The topological polar surface area (TPSA) is 61.9 Å². The average Bonchev–Trinajstić information content (AvgIpc) is 3.38. The van der Waals surface area contributed by atoms with Crippen LogP contribution >= 0.6 is 0 Å². The van der Waals surface area contributed by atoms with Crippen molar-refractivity contribution in [2.75, 3.05) is 13.1 Å². The van der Waals surface area contributed by atoms with E-state index in [0.717, 1.165) is 43.5 Å². The van der Waals surface area contributed by atoms with Crippen LogP contribution in [0.1, 0.15) is 41.0 Å². The standard InChI is InChI=1S/C22H22N4O/c27-21(20-24-14-18(15-25-20)17-6-10-23-13-17)26-11-8-22(9-12-26)7-5-16-3-1-2-4-19(16)22/h1-4,6,10,13-15,23H,5,7-9,11-12H2. The van der Waals surface area contributed by atoms with E-state index in [0.29, 0.717) is 0 Å². The first-order valence-electron chi connectivity index (χ1n) is 9.58. The summed E-state index contributed by atoms with van der Waals surface area (Å²) >= 11 is 0. The van der Waals surface area contributed by atoms with Crippen LogP contribution in [-0.4, -0.2) is 38.8 Å². The highest BCUT2D eigenvalue weighted by molar-refractivity contribution is 5.90. The fourth-order valence-electron chi connectivity index (χ4n) is 4.65. The number of likely N-dealkylation sites (tertiary alicyclic amines) is 1. The highest BCUT2D eigenvalue weighted by Gasteiger charge is 2.41. The van der Waals surface area contributed by atoms with Gasteiger partial charge in [-0.2, -0.15) is 0 Å². The van der Waals surface area contributed by atoms with Gasteiger partial charge in [0.15, 0.2) is 0 Å². The molecular formula is C22H22N4O. The van der Waals surface area contributed by atoms with Crippen LogP contribution in [0.3, 0.4) is 0 Å². The molecule has 2 aliphatic rings. The van der Waals surface area contributed by atoms with Crippen molar-refractivity contribution in [3.05, 3.63) is 72.1 Å². The van der Waals surface area contributed by atoms with Crippen LogP contribution in [0.4, 0.5) is 0 Å². The Labute approximate surface area is 158 Å². The SMILES string of the molecule is O=C(c1ncc(-c2cc[nH]c2)cn1)N1CCC2(CCc3ccccc32)CC1. The third kappa shape index (κ3) is 2.74. The Balaban J connectivity index is 1.29. The van der Waals surface area contributed by atoms with Gasteiger partial charge in [0.25, 0.3) is 5.91 Å². The molecule has 0 saturated carbocycles. The second kappa shape index (κ2) is 6.34. The van der Waals surface area contributed by atoms with Gasteiger partial charge in [-0.05, 0) is 48.3 Å². The summed E-state index contributed by atoms with van der Waals surface area (Å²) in [6.45, 7) is 1.55. The summed E-state index contributed by atoms with van der Waals surface area (Å²) in [5.74, 6) is 0.230. The lowest BCUT2D eigenvalue weighted by atomic mass is 9.74. The van der Waals surface area contributed by atoms with E-state index in [1.54, 1.807) is 12.4 Å². The maximum atomic E-state index is 12.8. The number of nitrogens with zero attached hydrogens (tertiary/aromatic N) is 3. The normalized spacial score (nSPS) is 17.9. The number of aryl methyl sites for hydroxylation is 1. The Bertz CT molecular complexity index is 954. The van der Waals surface area contributed by atoms with Gasteiger partial charge in [0.1, 0.15) is 0 Å². The highest BCUT2D eigenvalue weighted by atomic mass is 16.2. The van der Waals surface area contributed by atoms with E-state index in [2.05, 4.69) is 39.2 Å². The minimum absolute atomic E-state index is 0.0586. The lowest BCUT2D eigenvalue weighted by Gasteiger charge is -2.40. The number of carbonyl (C=O) groups excluding carboxylic acids is 1. The number of hydrogen-bond acceptors (Lipinski definition) is 3. The van der Waals surface area contributed by atoms with Crippen LogP contribution in [0.15, 0.2) is 55.1 Å². The van der Waals surface area contributed by atoms with Gasteiger partial charge in [0, 0.05) is 49.0 Å². The van der Waals surface area contributed by atoms with Crippen molar-refractivity contribution in [2.24, 2.45) is 0 Å². The molecule has 1 amide bonds. The van der Waals surface area contributed by atoms with Gasteiger partial charge in [0.05, 0.1) is 0 Å². The van der Waals surface area contributed by atoms with Crippen LogP contribution in [0, 0.1) is 0 Å². The Morgan fingerprint density at radius 2 is 1.78 bits per heavy atom. The zero-order chi connectivity index (χ0) is 18.3. The molecule has 0 bridgehead atoms. The number of nitrogens with one attached hydrogen (secondary N) is 1. The first-order chi connectivity index (χ1) is 13.3. The van der Waals surface area contributed by atoms with E-state index >= 15 is 0 Å². The van der Waals surface area contributed by atoms with Crippen molar-refractivity contribution in [3.8, 4) is 11.1 Å². The molecule has 1 saturated heterocycles. The minimum Gasteiger partial charge on any atom is -0.367 e. The Kier molecular flexibility index (Phi) is 3.81. The molecule has 3 heterocycles. The number of rotatable bonds is 2. The van der Waals surface area contributed by atoms with E-state index in [4.69, 9.17) is 0 Å². The number of fused-ring (bicyclic) bond motifs is 2. The fraction of sp³-hybridized carbons (Fsp3) is 0.318.